The Hall–Kier alpha value is -0.750. The zero-order chi connectivity index (χ0) is 12.7. The number of amides is 2. The second-order valence-corrected chi connectivity index (χ2v) is 4.93. The third kappa shape index (κ3) is 4.20. The van der Waals surface area contributed by atoms with Gasteiger partial charge in [0.2, 0.25) is 11.8 Å². The SMILES string of the molecule is CCNC(=O)C1CNCCN1C(=O)CCSC. The molecular weight excluding hydrogens is 238 g/mol. The van der Waals surface area contributed by atoms with E-state index in [0.29, 0.717) is 26.1 Å². The Kier molecular flexibility index (Phi) is 6.36. The summed E-state index contributed by atoms with van der Waals surface area (Å²) in [6.07, 6.45) is 2.49. The molecule has 1 fully saturated rings. The Morgan fingerprint density at radius 2 is 2.29 bits per heavy atom. The van der Waals surface area contributed by atoms with Gasteiger partial charge in [-0.25, -0.2) is 0 Å². The van der Waals surface area contributed by atoms with Gasteiger partial charge >= 0.3 is 0 Å². The molecule has 0 spiro atoms. The number of hydrogen-bond acceptors (Lipinski definition) is 4. The minimum Gasteiger partial charge on any atom is -0.355 e. The van der Waals surface area contributed by atoms with Crippen LogP contribution in [0.4, 0.5) is 0 Å². The number of nitrogens with zero attached hydrogens (tertiary/aromatic N) is 1. The number of hydrogen-bond donors (Lipinski definition) is 2. The van der Waals surface area contributed by atoms with Crippen molar-refractivity contribution in [1.29, 1.82) is 0 Å². The highest BCUT2D eigenvalue weighted by Crippen LogP contribution is 2.08. The Labute approximate surface area is 107 Å². The van der Waals surface area contributed by atoms with Crippen LogP contribution in [0.5, 0.6) is 0 Å². The molecular formula is C11H21N3O2S. The predicted molar refractivity (Wildman–Crippen MR) is 70.1 cm³/mol. The van der Waals surface area contributed by atoms with Crippen LogP contribution in [0.3, 0.4) is 0 Å². The predicted octanol–water partition coefficient (Wildman–Crippen LogP) is -0.324. The molecule has 0 aliphatic carbocycles. The molecule has 1 saturated heterocycles. The molecule has 98 valence electrons. The second-order valence-electron chi connectivity index (χ2n) is 3.94. The molecule has 1 aliphatic rings. The largest absolute Gasteiger partial charge is 0.355 e. The van der Waals surface area contributed by atoms with Crippen molar-refractivity contribution in [3.05, 3.63) is 0 Å². The summed E-state index contributed by atoms with van der Waals surface area (Å²) in [5, 5.41) is 5.93. The van der Waals surface area contributed by atoms with E-state index >= 15 is 0 Å². The lowest BCUT2D eigenvalue weighted by Gasteiger charge is -2.35. The third-order valence-electron chi connectivity index (χ3n) is 2.74. The summed E-state index contributed by atoms with van der Waals surface area (Å²) in [7, 11) is 0. The van der Waals surface area contributed by atoms with Gasteiger partial charge in [0.05, 0.1) is 0 Å². The summed E-state index contributed by atoms with van der Waals surface area (Å²) in [6.45, 7) is 4.42. The van der Waals surface area contributed by atoms with E-state index < -0.39 is 0 Å². The van der Waals surface area contributed by atoms with Crippen LogP contribution in [0.15, 0.2) is 0 Å². The first-order valence-electron chi connectivity index (χ1n) is 5.97. The van der Waals surface area contributed by atoms with Gasteiger partial charge in [-0.1, -0.05) is 0 Å². The van der Waals surface area contributed by atoms with Crippen molar-refractivity contribution in [3.8, 4) is 0 Å². The highest BCUT2D eigenvalue weighted by atomic mass is 32.2. The lowest BCUT2D eigenvalue weighted by atomic mass is 10.1. The van der Waals surface area contributed by atoms with Crippen molar-refractivity contribution in [1.82, 2.24) is 15.5 Å². The molecule has 0 aromatic heterocycles. The van der Waals surface area contributed by atoms with E-state index in [-0.39, 0.29) is 17.9 Å². The van der Waals surface area contributed by atoms with Gasteiger partial charge in [0.1, 0.15) is 6.04 Å². The number of piperazine rings is 1. The highest BCUT2D eigenvalue weighted by Gasteiger charge is 2.31. The van der Waals surface area contributed by atoms with E-state index in [2.05, 4.69) is 10.6 Å². The Balaban J connectivity index is 2.58. The Morgan fingerprint density at radius 3 is 2.94 bits per heavy atom. The minimum absolute atomic E-state index is 0.0581. The van der Waals surface area contributed by atoms with Crippen molar-refractivity contribution in [2.45, 2.75) is 19.4 Å². The van der Waals surface area contributed by atoms with Crippen LogP contribution in [-0.2, 0) is 9.59 Å². The summed E-state index contributed by atoms with van der Waals surface area (Å²) < 4.78 is 0. The minimum atomic E-state index is -0.349. The molecule has 1 aliphatic heterocycles. The molecule has 1 unspecified atom stereocenters. The van der Waals surface area contributed by atoms with Crippen LogP contribution in [0.1, 0.15) is 13.3 Å². The summed E-state index contributed by atoms with van der Waals surface area (Å²) in [6, 6.07) is -0.349. The maximum atomic E-state index is 12.0. The summed E-state index contributed by atoms with van der Waals surface area (Å²) >= 11 is 1.65. The van der Waals surface area contributed by atoms with Crippen LogP contribution < -0.4 is 10.6 Å². The molecule has 0 saturated carbocycles. The van der Waals surface area contributed by atoms with Crippen LogP contribution in [0.2, 0.25) is 0 Å². The Morgan fingerprint density at radius 1 is 1.53 bits per heavy atom. The number of nitrogens with one attached hydrogen (secondary N) is 2. The topological polar surface area (TPSA) is 61.4 Å². The van der Waals surface area contributed by atoms with Crippen molar-refractivity contribution < 1.29 is 9.59 Å². The van der Waals surface area contributed by atoms with Crippen molar-refractivity contribution in [2.24, 2.45) is 0 Å². The summed E-state index contributed by atoms with van der Waals surface area (Å²) in [5.41, 5.74) is 0. The molecule has 0 aromatic rings. The van der Waals surface area contributed by atoms with Crippen molar-refractivity contribution in [2.75, 3.05) is 38.2 Å². The van der Waals surface area contributed by atoms with E-state index in [0.717, 1.165) is 12.3 Å². The number of rotatable bonds is 5. The van der Waals surface area contributed by atoms with Gasteiger partial charge in [-0.3, -0.25) is 9.59 Å². The van der Waals surface area contributed by atoms with Gasteiger partial charge in [0.25, 0.3) is 0 Å². The van der Waals surface area contributed by atoms with Crippen molar-refractivity contribution in [3.63, 3.8) is 0 Å². The third-order valence-corrected chi connectivity index (χ3v) is 3.35. The average Bonchev–Trinajstić information content (AvgIpc) is 2.36. The van der Waals surface area contributed by atoms with Crippen LogP contribution in [-0.4, -0.2) is 60.9 Å². The molecule has 1 heterocycles. The monoisotopic (exact) mass is 259 g/mol. The first-order chi connectivity index (χ1) is 8.20. The molecule has 17 heavy (non-hydrogen) atoms. The van der Waals surface area contributed by atoms with Gasteiger partial charge in [0, 0.05) is 38.4 Å². The van der Waals surface area contributed by atoms with Crippen LogP contribution in [0, 0.1) is 0 Å². The molecule has 0 aromatic carbocycles. The first kappa shape index (κ1) is 14.3. The molecule has 6 heteroatoms. The fourth-order valence-electron chi connectivity index (χ4n) is 1.86. The van der Waals surface area contributed by atoms with E-state index in [1.54, 1.807) is 16.7 Å². The zero-order valence-electron chi connectivity index (χ0n) is 10.5. The van der Waals surface area contributed by atoms with E-state index in [9.17, 15) is 9.59 Å². The molecule has 5 nitrogen and oxygen atoms in total. The highest BCUT2D eigenvalue weighted by molar-refractivity contribution is 7.98. The molecule has 0 bridgehead atoms. The zero-order valence-corrected chi connectivity index (χ0v) is 11.3. The maximum Gasteiger partial charge on any atom is 0.244 e. The van der Waals surface area contributed by atoms with Gasteiger partial charge < -0.3 is 15.5 Å². The summed E-state index contributed by atoms with van der Waals surface area (Å²) in [4.78, 5) is 25.5. The van der Waals surface area contributed by atoms with Gasteiger partial charge in [0.15, 0.2) is 0 Å². The lowest BCUT2D eigenvalue weighted by molar-refractivity contribution is -0.141. The summed E-state index contributed by atoms with van der Waals surface area (Å²) in [5.74, 6) is 0.833. The van der Waals surface area contributed by atoms with E-state index in [1.165, 1.54) is 0 Å². The maximum absolute atomic E-state index is 12.0. The lowest BCUT2D eigenvalue weighted by Crippen LogP contribution is -2.59. The van der Waals surface area contributed by atoms with Gasteiger partial charge in [-0.15, -0.1) is 0 Å². The number of carbonyl (C=O) groups excluding carboxylic acids is 2. The van der Waals surface area contributed by atoms with E-state index in [1.807, 2.05) is 13.2 Å². The number of carbonyl (C=O) groups is 2. The normalized spacial score (nSPS) is 20.1. The van der Waals surface area contributed by atoms with Crippen LogP contribution in [0.25, 0.3) is 0 Å². The smallest absolute Gasteiger partial charge is 0.244 e. The average molecular weight is 259 g/mol. The molecule has 0 radical (unpaired) electrons. The fraction of sp³-hybridized carbons (Fsp3) is 0.818. The van der Waals surface area contributed by atoms with E-state index in [4.69, 9.17) is 0 Å². The number of thioether (sulfide) groups is 1. The second kappa shape index (κ2) is 7.55. The van der Waals surface area contributed by atoms with Crippen LogP contribution >= 0.6 is 11.8 Å². The molecule has 2 N–H and O–H groups in total. The van der Waals surface area contributed by atoms with Gasteiger partial charge in [-0.2, -0.15) is 11.8 Å². The van der Waals surface area contributed by atoms with Crippen molar-refractivity contribution >= 4 is 23.6 Å². The fourth-order valence-corrected chi connectivity index (χ4v) is 2.24. The molecule has 2 amide bonds. The first-order valence-corrected chi connectivity index (χ1v) is 7.37. The quantitative estimate of drug-likeness (QED) is 0.710. The van der Waals surface area contributed by atoms with Gasteiger partial charge in [-0.05, 0) is 13.2 Å². The molecule has 1 rings (SSSR count). The molecule has 1 atom stereocenters. The number of likely N-dealkylation sites (N-methyl/N-ethyl adjacent to an activating group) is 1. The Bertz CT molecular complexity index is 273. The standard InChI is InChI=1S/C11H21N3O2S/c1-3-13-11(16)9-8-12-5-6-14(9)10(15)4-7-17-2/h9,12H,3-8H2,1-2H3,(H,13,16).